The van der Waals surface area contributed by atoms with Crippen molar-refractivity contribution in [3.63, 3.8) is 0 Å². The van der Waals surface area contributed by atoms with E-state index in [1.807, 2.05) is 0 Å². The van der Waals surface area contributed by atoms with Crippen LogP contribution in [-0.2, 0) is 0 Å². The summed E-state index contributed by atoms with van der Waals surface area (Å²) >= 11 is 0. The van der Waals surface area contributed by atoms with Gasteiger partial charge in [0.1, 0.15) is 0 Å². The second-order valence-electron chi connectivity index (χ2n) is 1.46. The van der Waals surface area contributed by atoms with E-state index in [4.69, 9.17) is 5.48 Å². The lowest BCUT2D eigenvalue weighted by Gasteiger charge is -1.85. The van der Waals surface area contributed by atoms with Crippen LogP contribution in [0.2, 0.25) is 0 Å². The molecule has 0 N–H and O–H groups in total. The van der Waals surface area contributed by atoms with Gasteiger partial charge >= 0.3 is 0 Å². The first kappa shape index (κ1) is 1.82. The zero-order valence-corrected chi connectivity index (χ0v) is 4.12. The molecule has 0 saturated carbocycles. The molecule has 0 radical (unpaired) electrons. The first-order valence-electron chi connectivity index (χ1n) is 4.46. The van der Waals surface area contributed by atoms with Crippen LogP contribution in [0.25, 0.3) is 0 Å². The Bertz CT molecular complexity index is 208. The van der Waals surface area contributed by atoms with E-state index < -0.39 is 12.7 Å². The van der Waals surface area contributed by atoms with Crippen LogP contribution in [0.3, 0.4) is 0 Å². The molecule has 0 atom stereocenters. The molecule has 0 bridgehead atoms. The largest absolute Gasteiger partial charge is 0.103 e. The van der Waals surface area contributed by atoms with Gasteiger partial charge in [-0.2, -0.15) is 0 Å². The fraction of sp³-hybridized carbons (Fsp3) is 0.714. The van der Waals surface area contributed by atoms with Crippen LogP contribution in [0.15, 0.2) is 0 Å². The van der Waals surface area contributed by atoms with Gasteiger partial charge in [-0.25, -0.2) is 0 Å². The first-order chi connectivity index (χ1) is 4.96. The fourth-order valence-corrected chi connectivity index (χ4v) is 0.479. The van der Waals surface area contributed by atoms with Crippen molar-refractivity contribution < 1.29 is 5.48 Å². The third-order valence-electron chi connectivity index (χ3n) is 0.843. The highest BCUT2D eigenvalue weighted by Crippen LogP contribution is 2.04. The van der Waals surface area contributed by atoms with Crippen LogP contribution in [0.4, 0.5) is 0 Å². The molecule has 0 aromatic rings. The molecule has 0 unspecified atom stereocenters. The Morgan fingerprint density at radius 1 is 1.29 bits per heavy atom. The van der Waals surface area contributed by atoms with Gasteiger partial charge in [0.05, 0.1) is 0 Å². The Morgan fingerprint density at radius 3 is 3.29 bits per heavy atom. The highest BCUT2D eigenvalue weighted by atomic mass is 13.9. The van der Waals surface area contributed by atoms with Gasteiger partial charge in [0, 0.05) is 18.3 Å². The summed E-state index contributed by atoms with van der Waals surface area (Å²) in [5, 5.41) is 0. The summed E-state index contributed by atoms with van der Waals surface area (Å²) in [5.74, 6) is 4.95. The van der Waals surface area contributed by atoms with E-state index in [2.05, 4.69) is 11.8 Å². The Labute approximate surface area is 50.5 Å². The molecule has 1 aliphatic carbocycles. The average molecular weight is 98.2 g/mol. The van der Waals surface area contributed by atoms with Gasteiger partial charge in [0.15, 0.2) is 0 Å². The summed E-state index contributed by atoms with van der Waals surface area (Å²) in [7, 11) is 0. The van der Waals surface area contributed by atoms with Crippen molar-refractivity contribution in [2.45, 2.75) is 32.0 Å². The molecule has 0 aromatic heterocycles. The molecular weight excluding hydrogens is 84.1 g/mol. The van der Waals surface area contributed by atoms with E-state index in [1.165, 1.54) is 0 Å². The molecular formula is C7H10. The van der Waals surface area contributed by atoms with Crippen molar-refractivity contribution >= 4 is 0 Å². The summed E-state index contributed by atoms with van der Waals surface area (Å²) in [6.45, 7) is 0. The van der Waals surface area contributed by atoms with Gasteiger partial charge in [0.25, 0.3) is 0 Å². The van der Waals surface area contributed by atoms with Crippen molar-refractivity contribution in [3.05, 3.63) is 0 Å². The van der Waals surface area contributed by atoms with E-state index in [0.29, 0.717) is 12.8 Å². The third-order valence-corrected chi connectivity index (χ3v) is 0.843. The molecule has 0 spiro atoms. The molecule has 0 nitrogen and oxygen atoms in total. The normalized spacial score (nSPS) is 42.3. The fourth-order valence-electron chi connectivity index (χ4n) is 0.479. The van der Waals surface area contributed by atoms with E-state index in [9.17, 15) is 0 Å². The van der Waals surface area contributed by atoms with Gasteiger partial charge in [-0.3, -0.25) is 0 Å². The topological polar surface area (TPSA) is 0 Å². The standard InChI is InChI=1S/C7H10/c1-2-4-6-7-5-3-1/h1-5H2/i2D2,4D2. The van der Waals surface area contributed by atoms with Gasteiger partial charge in [0.2, 0.25) is 0 Å². The maximum atomic E-state index is 7.36. The SMILES string of the molecule is [2H]C1([2H])C#CCCCC1([2H])[2H]. The van der Waals surface area contributed by atoms with Crippen LogP contribution >= 0.6 is 0 Å². The highest BCUT2D eigenvalue weighted by Gasteiger charge is 1.87. The first-order valence-corrected chi connectivity index (χ1v) is 2.46. The zero-order valence-electron chi connectivity index (χ0n) is 8.12. The van der Waals surface area contributed by atoms with Gasteiger partial charge in [-0.05, 0) is 12.8 Å². The molecule has 0 heteroatoms. The smallest absolute Gasteiger partial charge is 0.0402 e. The highest BCUT2D eigenvalue weighted by molar-refractivity contribution is 5.00. The molecule has 7 heavy (non-hydrogen) atoms. The Kier molecular flexibility index (Phi) is 0.698. The Balaban J connectivity index is 2.91. The third kappa shape index (κ3) is 1.64. The number of rotatable bonds is 0. The summed E-state index contributed by atoms with van der Waals surface area (Å²) in [6.07, 6.45) is -2.24. The quantitative estimate of drug-likeness (QED) is 0.406. The molecule has 0 saturated heterocycles. The van der Waals surface area contributed by atoms with Crippen LogP contribution in [0, 0.1) is 11.8 Å². The second-order valence-corrected chi connectivity index (χ2v) is 1.46. The monoisotopic (exact) mass is 98.1 g/mol. The van der Waals surface area contributed by atoms with E-state index in [0.717, 1.165) is 0 Å². The summed E-state index contributed by atoms with van der Waals surface area (Å²) in [5.41, 5.74) is 0. The van der Waals surface area contributed by atoms with Crippen LogP contribution in [0.5, 0.6) is 0 Å². The van der Waals surface area contributed by atoms with Gasteiger partial charge in [-0.1, -0.05) is 6.42 Å². The second kappa shape index (κ2) is 2.69. The molecule has 0 aromatic carbocycles. The minimum Gasteiger partial charge on any atom is -0.103 e. The lowest BCUT2D eigenvalue weighted by Crippen LogP contribution is -1.68. The zero-order chi connectivity index (χ0) is 8.54. The lowest BCUT2D eigenvalue weighted by molar-refractivity contribution is 0.722. The average Bonchev–Trinajstić information content (AvgIpc) is 1.94. The Morgan fingerprint density at radius 2 is 2.29 bits per heavy atom. The molecule has 0 heterocycles. The predicted molar refractivity (Wildman–Crippen MR) is 30.9 cm³/mol. The minimum atomic E-state index is -1.97. The predicted octanol–water partition coefficient (Wildman–Crippen LogP) is 1.95. The minimum absolute atomic E-state index is 0.250. The van der Waals surface area contributed by atoms with Crippen molar-refractivity contribution in [1.82, 2.24) is 0 Å². The van der Waals surface area contributed by atoms with Gasteiger partial charge < -0.3 is 0 Å². The van der Waals surface area contributed by atoms with Crippen molar-refractivity contribution in [1.29, 1.82) is 0 Å². The summed E-state index contributed by atoms with van der Waals surface area (Å²) < 4.78 is 29.3. The maximum absolute atomic E-state index is 7.36. The lowest BCUT2D eigenvalue weighted by atomic mass is 10.2. The number of hydrogen-bond donors (Lipinski definition) is 0. The van der Waals surface area contributed by atoms with Crippen molar-refractivity contribution in [2.75, 3.05) is 0 Å². The molecule has 38 valence electrons. The summed E-state index contributed by atoms with van der Waals surface area (Å²) in [4.78, 5) is 0. The molecule has 0 amide bonds. The van der Waals surface area contributed by atoms with Crippen LogP contribution in [0.1, 0.15) is 37.5 Å². The van der Waals surface area contributed by atoms with Crippen molar-refractivity contribution in [2.24, 2.45) is 0 Å². The van der Waals surface area contributed by atoms with Crippen molar-refractivity contribution in [3.8, 4) is 11.8 Å². The van der Waals surface area contributed by atoms with Gasteiger partial charge in [-0.15, -0.1) is 11.8 Å². The number of hydrogen-bond acceptors (Lipinski definition) is 0. The molecule has 1 rings (SSSR count). The molecule has 0 fully saturated rings. The summed E-state index contributed by atoms with van der Waals surface area (Å²) in [6, 6.07) is 0. The van der Waals surface area contributed by atoms with E-state index in [-0.39, 0.29) is 6.42 Å². The Hall–Kier alpha value is -0.440. The maximum Gasteiger partial charge on any atom is 0.0402 e. The van der Waals surface area contributed by atoms with Crippen LogP contribution in [-0.4, -0.2) is 0 Å². The molecule has 1 aliphatic rings. The van der Waals surface area contributed by atoms with E-state index >= 15 is 0 Å². The van der Waals surface area contributed by atoms with Crippen LogP contribution < -0.4 is 0 Å². The molecule has 0 aliphatic heterocycles. The van der Waals surface area contributed by atoms with E-state index in [1.54, 1.807) is 0 Å².